The monoisotopic (exact) mass is 469 g/mol. The number of thiazole rings is 1. The lowest BCUT2D eigenvalue weighted by Gasteiger charge is -2.24. The lowest BCUT2D eigenvalue weighted by molar-refractivity contribution is -0.118. The van der Waals surface area contributed by atoms with Crippen LogP contribution in [0.2, 0.25) is 0 Å². The lowest BCUT2D eigenvalue weighted by Crippen LogP contribution is -2.39. The van der Waals surface area contributed by atoms with E-state index in [0.29, 0.717) is 18.2 Å². The molecule has 0 unspecified atom stereocenters. The van der Waals surface area contributed by atoms with E-state index >= 15 is 0 Å². The molecule has 0 saturated carbocycles. The number of anilines is 1. The SMILES string of the molecule is CCN(CC)CCN(C(=O)Cc1ccc(SC(C)C)cc1)c1nc2c(C)cc(C)cc2s1. The lowest BCUT2D eigenvalue weighted by atomic mass is 10.1. The third-order valence-corrected chi connectivity index (χ3v) is 7.58. The molecule has 0 spiro atoms. The van der Waals surface area contributed by atoms with E-state index in [1.165, 1.54) is 10.5 Å². The predicted octanol–water partition coefficient (Wildman–Crippen LogP) is 6.33. The van der Waals surface area contributed by atoms with Crippen molar-refractivity contribution in [3.05, 3.63) is 53.1 Å². The Bertz CT molecular complexity index is 1040. The maximum Gasteiger partial charge on any atom is 0.233 e. The van der Waals surface area contributed by atoms with Crippen LogP contribution in [0.3, 0.4) is 0 Å². The van der Waals surface area contributed by atoms with Gasteiger partial charge in [0, 0.05) is 23.2 Å². The third-order valence-electron chi connectivity index (χ3n) is 5.54. The number of amides is 1. The van der Waals surface area contributed by atoms with E-state index in [9.17, 15) is 4.79 Å². The second-order valence-electron chi connectivity index (χ2n) is 8.48. The maximum absolute atomic E-state index is 13.5. The number of rotatable bonds is 10. The number of carbonyl (C=O) groups is 1. The first kappa shape index (κ1) is 24.7. The van der Waals surface area contributed by atoms with E-state index in [1.807, 2.05) is 16.7 Å². The average molecular weight is 470 g/mol. The number of hydrogen-bond acceptors (Lipinski definition) is 5. The Kier molecular flexibility index (Phi) is 8.74. The van der Waals surface area contributed by atoms with Gasteiger partial charge in [-0.15, -0.1) is 11.8 Å². The Morgan fingerprint density at radius 1 is 1.06 bits per heavy atom. The van der Waals surface area contributed by atoms with Crippen molar-refractivity contribution in [3.63, 3.8) is 0 Å². The zero-order valence-corrected chi connectivity index (χ0v) is 21.8. The zero-order chi connectivity index (χ0) is 23.3. The molecule has 3 rings (SSSR count). The Morgan fingerprint density at radius 2 is 1.75 bits per heavy atom. The van der Waals surface area contributed by atoms with E-state index in [4.69, 9.17) is 4.98 Å². The van der Waals surface area contributed by atoms with Gasteiger partial charge in [0.15, 0.2) is 5.13 Å². The van der Waals surface area contributed by atoms with Crippen LogP contribution >= 0.6 is 23.1 Å². The van der Waals surface area contributed by atoms with E-state index in [-0.39, 0.29) is 5.91 Å². The molecule has 0 fully saturated rings. The summed E-state index contributed by atoms with van der Waals surface area (Å²) in [5.74, 6) is 0.106. The van der Waals surface area contributed by atoms with Crippen molar-refractivity contribution in [3.8, 4) is 0 Å². The van der Waals surface area contributed by atoms with Crippen LogP contribution in [0.25, 0.3) is 10.2 Å². The number of aromatic nitrogens is 1. The fourth-order valence-electron chi connectivity index (χ4n) is 3.81. The molecule has 0 saturated heterocycles. The molecule has 1 heterocycles. The Labute approximate surface area is 201 Å². The van der Waals surface area contributed by atoms with Gasteiger partial charge in [0.05, 0.1) is 16.6 Å². The molecular formula is C26H35N3OS2. The molecule has 1 amide bonds. The minimum atomic E-state index is 0.106. The first-order valence-corrected chi connectivity index (χ1v) is 13.2. The number of thioether (sulfide) groups is 1. The highest BCUT2D eigenvalue weighted by Gasteiger charge is 2.21. The van der Waals surface area contributed by atoms with Gasteiger partial charge in [0.2, 0.25) is 5.91 Å². The van der Waals surface area contributed by atoms with Gasteiger partial charge in [-0.1, -0.05) is 57.2 Å². The standard InChI is InChI=1S/C26H35N3OS2/c1-7-28(8-2)13-14-29(26-27-25-20(6)15-19(5)16-23(25)32-26)24(30)17-21-9-11-22(12-10-21)31-18(3)4/h9-12,15-16,18H,7-8,13-14,17H2,1-6H3. The van der Waals surface area contributed by atoms with E-state index < -0.39 is 0 Å². The number of hydrogen-bond donors (Lipinski definition) is 0. The van der Waals surface area contributed by atoms with Gasteiger partial charge in [-0.3, -0.25) is 9.69 Å². The third kappa shape index (κ3) is 6.33. The summed E-state index contributed by atoms with van der Waals surface area (Å²) in [5.41, 5.74) is 4.44. The smallest absolute Gasteiger partial charge is 0.233 e. The van der Waals surface area contributed by atoms with Crippen molar-refractivity contribution in [1.82, 2.24) is 9.88 Å². The van der Waals surface area contributed by atoms with Crippen LogP contribution < -0.4 is 4.90 Å². The molecule has 0 aliphatic carbocycles. The van der Waals surface area contributed by atoms with Crippen LogP contribution in [0.4, 0.5) is 5.13 Å². The molecule has 1 aromatic heterocycles. The molecule has 0 radical (unpaired) electrons. The molecule has 2 aromatic carbocycles. The Morgan fingerprint density at radius 3 is 2.38 bits per heavy atom. The van der Waals surface area contributed by atoms with Crippen molar-refractivity contribution in [2.45, 2.75) is 58.1 Å². The fraction of sp³-hybridized carbons (Fsp3) is 0.462. The predicted molar refractivity (Wildman–Crippen MR) is 140 cm³/mol. The van der Waals surface area contributed by atoms with Crippen molar-refractivity contribution < 1.29 is 4.79 Å². The average Bonchev–Trinajstić information content (AvgIpc) is 3.16. The summed E-state index contributed by atoms with van der Waals surface area (Å²) in [4.78, 5) is 23.8. The number of carbonyl (C=O) groups excluding carboxylic acids is 1. The molecule has 6 heteroatoms. The van der Waals surface area contributed by atoms with Crippen LogP contribution in [0.1, 0.15) is 44.4 Å². The molecule has 4 nitrogen and oxygen atoms in total. The topological polar surface area (TPSA) is 36.4 Å². The van der Waals surface area contributed by atoms with Gasteiger partial charge >= 0.3 is 0 Å². The van der Waals surface area contributed by atoms with Gasteiger partial charge in [-0.05, 0) is 61.8 Å². The molecule has 0 atom stereocenters. The van der Waals surface area contributed by atoms with Crippen molar-refractivity contribution >= 4 is 44.4 Å². The summed E-state index contributed by atoms with van der Waals surface area (Å²) < 4.78 is 1.15. The van der Waals surface area contributed by atoms with Gasteiger partial charge in [-0.2, -0.15) is 0 Å². The highest BCUT2D eigenvalue weighted by atomic mass is 32.2. The minimum Gasteiger partial charge on any atom is -0.302 e. The van der Waals surface area contributed by atoms with Crippen molar-refractivity contribution in [1.29, 1.82) is 0 Å². The Balaban J connectivity index is 1.85. The van der Waals surface area contributed by atoms with E-state index in [2.05, 4.69) is 82.8 Å². The van der Waals surface area contributed by atoms with Crippen molar-refractivity contribution in [2.24, 2.45) is 0 Å². The molecule has 32 heavy (non-hydrogen) atoms. The van der Waals surface area contributed by atoms with Crippen LogP contribution in [0.5, 0.6) is 0 Å². The van der Waals surface area contributed by atoms with E-state index in [0.717, 1.165) is 46.1 Å². The molecule has 0 N–H and O–H groups in total. The largest absolute Gasteiger partial charge is 0.302 e. The molecule has 0 bridgehead atoms. The van der Waals surface area contributed by atoms with Crippen LogP contribution in [-0.2, 0) is 11.2 Å². The van der Waals surface area contributed by atoms with Crippen molar-refractivity contribution in [2.75, 3.05) is 31.1 Å². The molecule has 0 aliphatic rings. The summed E-state index contributed by atoms with van der Waals surface area (Å²) in [7, 11) is 0. The first-order chi connectivity index (χ1) is 15.3. The zero-order valence-electron chi connectivity index (χ0n) is 20.1. The summed E-state index contributed by atoms with van der Waals surface area (Å²) in [6.45, 7) is 16.4. The molecule has 172 valence electrons. The molecule has 0 aliphatic heterocycles. The van der Waals surface area contributed by atoms with Crippen LogP contribution in [0, 0.1) is 13.8 Å². The van der Waals surface area contributed by atoms with E-state index in [1.54, 1.807) is 11.3 Å². The summed E-state index contributed by atoms with van der Waals surface area (Å²) in [6.07, 6.45) is 0.388. The van der Waals surface area contributed by atoms with Gasteiger partial charge in [0.25, 0.3) is 0 Å². The second-order valence-corrected chi connectivity index (χ2v) is 11.1. The van der Waals surface area contributed by atoms with Gasteiger partial charge < -0.3 is 4.90 Å². The van der Waals surface area contributed by atoms with Crippen LogP contribution in [0.15, 0.2) is 41.3 Å². The Hall–Kier alpha value is -1.89. The fourth-order valence-corrected chi connectivity index (χ4v) is 5.83. The number of nitrogens with zero attached hydrogens (tertiary/aromatic N) is 3. The highest BCUT2D eigenvalue weighted by molar-refractivity contribution is 7.99. The minimum absolute atomic E-state index is 0.106. The molecule has 3 aromatic rings. The summed E-state index contributed by atoms with van der Waals surface area (Å²) in [5, 5.41) is 1.35. The first-order valence-electron chi connectivity index (χ1n) is 11.5. The summed E-state index contributed by atoms with van der Waals surface area (Å²) >= 11 is 3.46. The number of aryl methyl sites for hydroxylation is 2. The number of fused-ring (bicyclic) bond motifs is 1. The number of likely N-dealkylation sites (N-methyl/N-ethyl adjacent to an activating group) is 1. The maximum atomic E-state index is 13.5. The highest BCUT2D eigenvalue weighted by Crippen LogP contribution is 2.32. The van der Waals surface area contributed by atoms with Crippen LogP contribution in [-0.4, -0.2) is 47.2 Å². The molecular weight excluding hydrogens is 434 g/mol. The second kappa shape index (κ2) is 11.3. The van der Waals surface area contributed by atoms with Gasteiger partial charge in [-0.25, -0.2) is 4.98 Å². The summed E-state index contributed by atoms with van der Waals surface area (Å²) in [6, 6.07) is 12.7. The normalized spacial score (nSPS) is 11.6. The quantitative estimate of drug-likeness (QED) is 0.325. The van der Waals surface area contributed by atoms with Gasteiger partial charge in [0.1, 0.15) is 0 Å². The number of benzene rings is 2.